The maximum absolute atomic E-state index is 12.2. The standard InChI is InChI=1S/C16H14BrN3O2S/c17-14-7-6-12(23-14)8-9-18-16(22)15-13(21)10-20(19-15)11-4-2-1-3-5-11/h1-7,10,21H,8-9H2,(H,18,22). The third-order valence-corrected chi connectivity index (χ3v) is 4.90. The molecule has 0 atom stereocenters. The number of carbonyl (C=O) groups is 1. The minimum Gasteiger partial charge on any atom is -0.504 e. The number of halogens is 1. The number of benzene rings is 1. The van der Waals surface area contributed by atoms with E-state index in [0.717, 1.165) is 15.9 Å². The highest BCUT2D eigenvalue weighted by atomic mass is 79.9. The maximum atomic E-state index is 12.2. The van der Waals surface area contributed by atoms with Gasteiger partial charge >= 0.3 is 0 Å². The van der Waals surface area contributed by atoms with Crippen molar-refractivity contribution in [1.29, 1.82) is 0 Å². The summed E-state index contributed by atoms with van der Waals surface area (Å²) in [6.07, 6.45) is 2.17. The molecular formula is C16H14BrN3O2S. The summed E-state index contributed by atoms with van der Waals surface area (Å²) in [6, 6.07) is 13.3. The van der Waals surface area contributed by atoms with Crippen molar-refractivity contribution >= 4 is 33.2 Å². The first-order chi connectivity index (χ1) is 11.1. The highest BCUT2D eigenvalue weighted by molar-refractivity contribution is 9.11. The SMILES string of the molecule is O=C(NCCc1ccc(Br)s1)c1nn(-c2ccccc2)cc1O. The molecule has 0 unspecified atom stereocenters. The number of thiophene rings is 1. The minimum atomic E-state index is -0.382. The second-order valence-corrected chi connectivity index (χ2v) is 7.40. The molecule has 0 aliphatic heterocycles. The molecule has 0 aliphatic rings. The van der Waals surface area contributed by atoms with Gasteiger partial charge in [0, 0.05) is 11.4 Å². The monoisotopic (exact) mass is 391 g/mol. The average Bonchev–Trinajstić information content (AvgIpc) is 3.14. The summed E-state index contributed by atoms with van der Waals surface area (Å²) in [4.78, 5) is 13.3. The van der Waals surface area contributed by atoms with Crippen LogP contribution in [0.4, 0.5) is 0 Å². The van der Waals surface area contributed by atoms with Gasteiger partial charge in [-0.3, -0.25) is 4.79 Å². The van der Waals surface area contributed by atoms with Crippen LogP contribution in [0.25, 0.3) is 5.69 Å². The lowest BCUT2D eigenvalue weighted by molar-refractivity contribution is 0.0946. The topological polar surface area (TPSA) is 67.2 Å². The van der Waals surface area contributed by atoms with Crippen molar-refractivity contribution in [3.05, 3.63) is 63.0 Å². The predicted molar refractivity (Wildman–Crippen MR) is 93.3 cm³/mol. The summed E-state index contributed by atoms with van der Waals surface area (Å²) in [5.41, 5.74) is 0.812. The summed E-state index contributed by atoms with van der Waals surface area (Å²) in [5.74, 6) is -0.516. The number of hydrogen-bond donors (Lipinski definition) is 2. The molecule has 3 aromatic rings. The number of carbonyl (C=O) groups excluding carboxylic acids is 1. The van der Waals surface area contributed by atoms with Gasteiger partial charge in [-0.25, -0.2) is 4.68 Å². The molecule has 0 bridgehead atoms. The molecular weight excluding hydrogens is 378 g/mol. The van der Waals surface area contributed by atoms with Crippen molar-refractivity contribution < 1.29 is 9.90 Å². The summed E-state index contributed by atoms with van der Waals surface area (Å²) in [6.45, 7) is 0.490. The van der Waals surface area contributed by atoms with Crippen molar-refractivity contribution in [2.24, 2.45) is 0 Å². The van der Waals surface area contributed by atoms with Crippen LogP contribution in [0.15, 0.2) is 52.4 Å². The second kappa shape index (κ2) is 6.97. The average molecular weight is 392 g/mol. The number of nitrogens with zero attached hydrogens (tertiary/aromatic N) is 2. The molecule has 1 amide bonds. The number of aromatic hydroxyl groups is 1. The number of aromatic nitrogens is 2. The van der Waals surface area contributed by atoms with E-state index in [1.165, 1.54) is 15.8 Å². The van der Waals surface area contributed by atoms with Gasteiger partial charge in [-0.1, -0.05) is 18.2 Å². The highest BCUT2D eigenvalue weighted by Crippen LogP contribution is 2.22. The quantitative estimate of drug-likeness (QED) is 0.700. The largest absolute Gasteiger partial charge is 0.504 e. The Balaban J connectivity index is 1.64. The van der Waals surface area contributed by atoms with E-state index in [-0.39, 0.29) is 17.4 Å². The Kier molecular flexibility index (Phi) is 4.78. The molecule has 0 fully saturated rings. The molecule has 2 N–H and O–H groups in total. The number of nitrogens with one attached hydrogen (secondary N) is 1. The molecule has 0 saturated heterocycles. The summed E-state index contributed by atoms with van der Waals surface area (Å²) < 4.78 is 2.55. The Morgan fingerprint density at radius 1 is 1.26 bits per heavy atom. The second-order valence-electron chi connectivity index (χ2n) is 4.85. The van der Waals surface area contributed by atoms with Crippen LogP contribution in [0, 0.1) is 0 Å². The molecule has 23 heavy (non-hydrogen) atoms. The zero-order valence-corrected chi connectivity index (χ0v) is 14.5. The van der Waals surface area contributed by atoms with E-state index < -0.39 is 0 Å². The van der Waals surface area contributed by atoms with E-state index in [4.69, 9.17) is 0 Å². The third-order valence-electron chi connectivity index (χ3n) is 3.22. The number of rotatable bonds is 5. The van der Waals surface area contributed by atoms with E-state index in [2.05, 4.69) is 26.3 Å². The fourth-order valence-electron chi connectivity index (χ4n) is 2.11. The van der Waals surface area contributed by atoms with Crippen LogP contribution in [0.2, 0.25) is 0 Å². The third kappa shape index (κ3) is 3.80. The smallest absolute Gasteiger partial charge is 0.275 e. The van der Waals surface area contributed by atoms with Gasteiger partial charge < -0.3 is 10.4 Å². The van der Waals surface area contributed by atoms with Gasteiger partial charge in [-0.2, -0.15) is 5.10 Å². The van der Waals surface area contributed by atoms with E-state index in [0.29, 0.717) is 6.54 Å². The first-order valence-corrected chi connectivity index (χ1v) is 8.61. The van der Waals surface area contributed by atoms with Gasteiger partial charge in [0.05, 0.1) is 15.7 Å². The number of para-hydroxylation sites is 1. The van der Waals surface area contributed by atoms with E-state index in [1.54, 1.807) is 11.3 Å². The van der Waals surface area contributed by atoms with Crippen LogP contribution in [0.1, 0.15) is 15.4 Å². The summed E-state index contributed by atoms with van der Waals surface area (Å²) in [7, 11) is 0. The van der Waals surface area contributed by atoms with E-state index in [9.17, 15) is 9.90 Å². The zero-order chi connectivity index (χ0) is 16.2. The van der Waals surface area contributed by atoms with Crippen LogP contribution in [0.5, 0.6) is 5.75 Å². The van der Waals surface area contributed by atoms with Gasteiger partial charge in [-0.05, 0) is 46.6 Å². The summed E-state index contributed by atoms with van der Waals surface area (Å²) >= 11 is 5.05. The van der Waals surface area contributed by atoms with Crippen molar-refractivity contribution in [2.45, 2.75) is 6.42 Å². The van der Waals surface area contributed by atoms with E-state index in [1.807, 2.05) is 42.5 Å². The Morgan fingerprint density at radius 3 is 2.74 bits per heavy atom. The van der Waals surface area contributed by atoms with Crippen molar-refractivity contribution in [2.75, 3.05) is 6.54 Å². The molecule has 118 valence electrons. The van der Waals surface area contributed by atoms with Crippen LogP contribution in [-0.2, 0) is 6.42 Å². The van der Waals surface area contributed by atoms with Crippen molar-refractivity contribution in [1.82, 2.24) is 15.1 Å². The lowest BCUT2D eigenvalue weighted by Gasteiger charge is -2.02. The molecule has 0 aliphatic carbocycles. The molecule has 0 saturated carbocycles. The Hall–Kier alpha value is -2.12. The van der Waals surface area contributed by atoms with Crippen LogP contribution >= 0.6 is 27.3 Å². The van der Waals surface area contributed by atoms with Crippen molar-refractivity contribution in [3.63, 3.8) is 0 Å². The molecule has 5 nitrogen and oxygen atoms in total. The van der Waals surface area contributed by atoms with Crippen LogP contribution in [-0.4, -0.2) is 27.3 Å². The van der Waals surface area contributed by atoms with Gasteiger partial charge in [0.2, 0.25) is 0 Å². The Labute approximate surface area is 145 Å². The molecule has 0 radical (unpaired) electrons. The van der Waals surface area contributed by atoms with Gasteiger partial charge in [-0.15, -0.1) is 11.3 Å². The molecule has 2 heterocycles. The predicted octanol–water partition coefficient (Wildman–Crippen LogP) is 3.37. The van der Waals surface area contributed by atoms with Gasteiger partial charge in [0.25, 0.3) is 5.91 Å². The fraction of sp³-hybridized carbons (Fsp3) is 0.125. The highest BCUT2D eigenvalue weighted by Gasteiger charge is 2.16. The Bertz CT molecular complexity index is 814. The lowest BCUT2D eigenvalue weighted by Crippen LogP contribution is -2.26. The van der Waals surface area contributed by atoms with Gasteiger partial charge in [0.15, 0.2) is 11.4 Å². The normalized spacial score (nSPS) is 10.7. The first-order valence-electron chi connectivity index (χ1n) is 7.00. The minimum absolute atomic E-state index is 0.0289. The van der Waals surface area contributed by atoms with Crippen LogP contribution < -0.4 is 5.32 Å². The molecule has 1 aromatic carbocycles. The van der Waals surface area contributed by atoms with E-state index >= 15 is 0 Å². The summed E-state index contributed by atoms with van der Waals surface area (Å²) in [5, 5.41) is 16.9. The van der Waals surface area contributed by atoms with Gasteiger partial charge in [0.1, 0.15) is 0 Å². The zero-order valence-electron chi connectivity index (χ0n) is 12.1. The fourth-order valence-corrected chi connectivity index (χ4v) is 3.59. The first kappa shape index (κ1) is 15.8. The van der Waals surface area contributed by atoms with Crippen molar-refractivity contribution in [3.8, 4) is 11.4 Å². The number of amides is 1. The number of hydrogen-bond acceptors (Lipinski definition) is 4. The lowest BCUT2D eigenvalue weighted by atomic mass is 10.3. The molecule has 0 spiro atoms. The Morgan fingerprint density at radius 2 is 2.04 bits per heavy atom. The maximum Gasteiger partial charge on any atom is 0.275 e. The molecule has 2 aromatic heterocycles. The van der Waals surface area contributed by atoms with Crippen LogP contribution in [0.3, 0.4) is 0 Å². The molecule has 7 heteroatoms. The molecule has 3 rings (SSSR count).